The van der Waals surface area contributed by atoms with Crippen LogP contribution in [0.2, 0.25) is 0 Å². The van der Waals surface area contributed by atoms with E-state index in [9.17, 15) is 14.7 Å². The molecule has 0 aliphatic heterocycles. The van der Waals surface area contributed by atoms with Crippen molar-refractivity contribution >= 4 is 11.8 Å². The molecule has 0 saturated heterocycles. The quantitative estimate of drug-likeness (QED) is 0.565. The Hall–Kier alpha value is -2.86. The Bertz CT molecular complexity index is 937. The number of Topliss-reactive ketones (excluding diaryl/α,β-unsaturated/α-hetero) is 1. The average molecular weight is 427 g/mol. The van der Waals surface area contributed by atoms with E-state index in [1.165, 1.54) is 18.2 Å². The van der Waals surface area contributed by atoms with Crippen LogP contribution < -0.4 is 9.47 Å². The summed E-state index contributed by atoms with van der Waals surface area (Å²) in [5.74, 6) is -0.213. The van der Waals surface area contributed by atoms with Crippen LogP contribution in [-0.4, -0.2) is 43.8 Å². The summed E-state index contributed by atoms with van der Waals surface area (Å²) in [5, 5.41) is 9.86. The van der Waals surface area contributed by atoms with Gasteiger partial charge in [0.2, 0.25) is 0 Å². The highest BCUT2D eigenvalue weighted by Crippen LogP contribution is 2.44. The number of aliphatic carboxylic acids is 1. The summed E-state index contributed by atoms with van der Waals surface area (Å²) < 4.78 is 16.7. The Morgan fingerprint density at radius 2 is 1.94 bits per heavy atom. The molecule has 166 valence electrons. The van der Waals surface area contributed by atoms with E-state index in [2.05, 4.69) is 6.07 Å². The third-order valence-electron chi connectivity index (χ3n) is 6.11. The third-order valence-corrected chi connectivity index (χ3v) is 6.11. The number of hydrogen-bond acceptors (Lipinski definition) is 5. The fraction of sp³-hybridized carbons (Fsp3) is 0.440. The predicted octanol–water partition coefficient (Wildman–Crippen LogP) is 4.47. The smallest absolute Gasteiger partial charge is 0.312 e. The van der Waals surface area contributed by atoms with E-state index in [-0.39, 0.29) is 12.2 Å². The monoisotopic (exact) mass is 426 g/mol. The Morgan fingerprint density at radius 3 is 2.61 bits per heavy atom. The molecule has 2 unspecified atom stereocenters. The summed E-state index contributed by atoms with van der Waals surface area (Å²) in [7, 11) is 3.05. The second kappa shape index (κ2) is 9.96. The van der Waals surface area contributed by atoms with Gasteiger partial charge in [-0.05, 0) is 49.9 Å². The molecule has 0 aromatic heterocycles. The summed E-state index contributed by atoms with van der Waals surface area (Å²) in [5.41, 5.74) is 1.59. The number of methoxy groups -OCH3 is 2. The SMILES string of the molecule is COc1ccc(C(=O)CC2(C(=O)O)CCCC2OC)cc1OCCc1cccc(C)c1. The minimum absolute atomic E-state index is 0.101. The summed E-state index contributed by atoms with van der Waals surface area (Å²) in [6.07, 6.45) is 1.97. The summed E-state index contributed by atoms with van der Waals surface area (Å²) in [6.45, 7) is 2.48. The zero-order chi connectivity index (χ0) is 22.4. The van der Waals surface area contributed by atoms with Crippen molar-refractivity contribution in [2.45, 2.75) is 45.1 Å². The fourth-order valence-corrected chi connectivity index (χ4v) is 4.40. The molecule has 6 nitrogen and oxygen atoms in total. The minimum atomic E-state index is -1.18. The van der Waals surface area contributed by atoms with Crippen LogP contribution in [0, 0.1) is 12.3 Å². The first-order valence-corrected chi connectivity index (χ1v) is 10.6. The van der Waals surface area contributed by atoms with E-state index >= 15 is 0 Å². The summed E-state index contributed by atoms with van der Waals surface area (Å²) in [4.78, 5) is 25.1. The van der Waals surface area contributed by atoms with Gasteiger partial charge in [-0.2, -0.15) is 0 Å². The highest BCUT2D eigenvalue weighted by atomic mass is 16.5. The number of benzene rings is 2. The predicted molar refractivity (Wildman–Crippen MR) is 117 cm³/mol. The molecule has 1 aliphatic rings. The molecule has 31 heavy (non-hydrogen) atoms. The molecule has 0 radical (unpaired) electrons. The number of carboxylic acid groups (broad SMARTS) is 1. The fourth-order valence-electron chi connectivity index (χ4n) is 4.40. The Labute approximate surface area is 183 Å². The standard InChI is InChI=1S/C25H30O6/c1-17-6-4-7-18(14-17)11-13-31-22-15-19(9-10-21(22)29-2)20(26)16-25(24(27)28)12-5-8-23(25)30-3/h4,6-7,9-10,14-15,23H,5,8,11-13,16H2,1-3H3,(H,27,28). The van der Waals surface area contributed by atoms with Crippen molar-refractivity contribution in [3.05, 3.63) is 59.2 Å². The molecule has 0 heterocycles. The van der Waals surface area contributed by atoms with Gasteiger partial charge in [0.1, 0.15) is 5.41 Å². The number of aryl methyl sites for hydroxylation is 1. The van der Waals surface area contributed by atoms with Crippen LogP contribution in [0.3, 0.4) is 0 Å². The van der Waals surface area contributed by atoms with Crippen molar-refractivity contribution in [1.29, 1.82) is 0 Å². The van der Waals surface area contributed by atoms with E-state index < -0.39 is 17.5 Å². The van der Waals surface area contributed by atoms with Crippen LogP contribution in [0.25, 0.3) is 0 Å². The lowest BCUT2D eigenvalue weighted by Crippen LogP contribution is -2.41. The van der Waals surface area contributed by atoms with E-state index in [0.717, 1.165) is 12.8 Å². The van der Waals surface area contributed by atoms with Crippen molar-refractivity contribution in [3.8, 4) is 11.5 Å². The van der Waals surface area contributed by atoms with Gasteiger partial charge in [0.15, 0.2) is 17.3 Å². The van der Waals surface area contributed by atoms with Crippen molar-refractivity contribution in [2.24, 2.45) is 5.41 Å². The summed E-state index contributed by atoms with van der Waals surface area (Å²) >= 11 is 0. The van der Waals surface area contributed by atoms with Gasteiger partial charge >= 0.3 is 5.97 Å². The van der Waals surface area contributed by atoms with Crippen LogP contribution in [0.4, 0.5) is 0 Å². The lowest BCUT2D eigenvalue weighted by atomic mass is 9.78. The first-order valence-electron chi connectivity index (χ1n) is 10.6. The highest BCUT2D eigenvalue weighted by Gasteiger charge is 2.51. The number of ketones is 1. The zero-order valence-electron chi connectivity index (χ0n) is 18.3. The van der Waals surface area contributed by atoms with E-state index in [1.807, 2.05) is 25.1 Å². The van der Waals surface area contributed by atoms with Gasteiger partial charge in [0.25, 0.3) is 0 Å². The number of hydrogen-bond donors (Lipinski definition) is 1. The maximum absolute atomic E-state index is 13.0. The maximum atomic E-state index is 13.0. The van der Waals surface area contributed by atoms with Gasteiger partial charge in [-0.1, -0.05) is 29.8 Å². The molecular formula is C25H30O6. The lowest BCUT2D eigenvalue weighted by molar-refractivity contribution is -0.155. The molecule has 1 saturated carbocycles. The number of ether oxygens (including phenoxy) is 3. The second-order valence-corrected chi connectivity index (χ2v) is 8.13. The molecule has 0 amide bonds. The zero-order valence-corrected chi connectivity index (χ0v) is 18.3. The van der Waals surface area contributed by atoms with E-state index in [4.69, 9.17) is 14.2 Å². The number of carbonyl (C=O) groups excluding carboxylic acids is 1. The van der Waals surface area contributed by atoms with Crippen molar-refractivity contribution in [2.75, 3.05) is 20.8 Å². The number of carboxylic acids is 1. The van der Waals surface area contributed by atoms with Gasteiger partial charge < -0.3 is 19.3 Å². The van der Waals surface area contributed by atoms with E-state index in [0.29, 0.717) is 36.5 Å². The third kappa shape index (κ3) is 5.07. The largest absolute Gasteiger partial charge is 0.493 e. The summed E-state index contributed by atoms with van der Waals surface area (Å²) in [6, 6.07) is 13.2. The van der Waals surface area contributed by atoms with E-state index in [1.54, 1.807) is 25.3 Å². The van der Waals surface area contributed by atoms with Gasteiger partial charge in [0, 0.05) is 25.5 Å². The van der Waals surface area contributed by atoms with Gasteiger partial charge in [-0.15, -0.1) is 0 Å². The molecule has 2 aromatic carbocycles. The van der Waals surface area contributed by atoms with Crippen molar-refractivity contribution in [1.82, 2.24) is 0 Å². The molecule has 0 bridgehead atoms. The maximum Gasteiger partial charge on any atom is 0.312 e. The number of rotatable bonds is 10. The number of carbonyl (C=O) groups is 2. The molecule has 2 aromatic rings. The molecule has 2 atom stereocenters. The first kappa shape index (κ1) is 22.8. The highest BCUT2D eigenvalue weighted by molar-refractivity contribution is 5.99. The molecule has 3 rings (SSSR count). The topological polar surface area (TPSA) is 82.1 Å². The molecule has 6 heteroatoms. The first-order chi connectivity index (χ1) is 14.9. The van der Waals surface area contributed by atoms with Gasteiger partial charge in [-0.25, -0.2) is 0 Å². The molecule has 0 spiro atoms. The minimum Gasteiger partial charge on any atom is -0.493 e. The van der Waals surface area contributed by atoms with Gasteiger partial charge in [-0.3, -0.25) is 9.59 Å². The average Bonchev–Trinajstić information content (AvgIpc) is 3.17. The Kier molecular flexibility index (Phi) is 7.33. The van der Waals surface area contributed by atoms with Crippen LogP contribution in [0.15, 0.2) is 42.5 Å². The molecule has 1 N–H and O–H groups in total. The molecular weight excluding hydrogens is 396 g/mol. The van der Waals surface area contributed by atoms with Crippen molar-refractivity contribution in [3.63, 3.8) is 0 Å². The normalized spacial score (nSPS) is 20.4. The van der Waals surface area contributed by atoms with Crippen molar-refractivity contribution < 1.29 is 28.9 Å². The van der Waals surface area contributed by atoms with Gasteiger partial charge in [0.05, 0.1) is 19.8 Å². The second-order valence-electron chi connectivity index (χ2n) is 8.13. The van der Waals surface area contributed by atoms with Crippen LogP contribution in [0.1, 0.15) is 47.2 Å². The van der Waals surface area contributed by atoms with Crippen LogP contribution in [-0.2, 0) is 16.0 Å². The Morgan fingerprint density at radius 1 is 1.13 bits per heavy atom. The molecule has 1 aliphatic carbocycles. The lowest BCUT2D eigenvalue weighted by Gasteiger charge is -2.29. The van der Waals surface area contributed by atoms with Crippen LogP contribution in [0.5, 0.6) is 11.5 Å². The molecule has 1 fully saturated rings. The Balaban J connectivity index is 1.74. The van der Waals surface area contributed by atoms with Crippen LogP contribution >= 0.6 is 0 Å².